The third kappa shape index (κ3) is 4.90. The van der Waals surface area contributed by atoms with Crippen molar-refractivity contribution in [1.29, 1.82) is 0 Å². The van der Waals surface area contributed by atoms with Crippen molar-refractivity contribution in [2.45, 2.75) is 19.8 Å². The van der Waals surface area contributed by atoms with Gasteiger partial charge in [-0.1, -0.05) is 23.4 Å². The van der Waals surface area contributed by atoms with Gasteiger partial charge in [0.05, 0.1) is 6.54 Å². The maximum Gasteiger partial charge on any atom is 0.239 e. The average molecular weight is 342 g/mol. The number of rotatable bonds is 5. The van der Waals surface area contributed by atoms with Gasteiger partial charge >= 0.3 is 0 Å². The average Bonchev–Trinajstić information content (AvgIpc) is 3.01. The van der Waals surface area contributed by atoms with E-state index >= 15 is 0 Å². The Bertz CT molecular complexity index is 721. The number of anilines is 2. The number of aromatic nitrogens is 1. The van der Waals surface area contributed by atoms with E-state index in [4.69, 9.17) is 4.52 Å². The number of nitrogens with one attached hydrogen (secondary N) is 2. The molecule has 1 fully saturated rings. The number of piperidine rings is 1. The van der Waals surface area contributed by atoms with E-state index in [1.165, 1.54) is 0 Å². The molecule has 0 aliphatic carbocycles. The van der Waals surface area contributed by atoms with Crippen LogP contribution >= 0.6 is 0 Å². The Hall–Kier alpha value is -2.67. The second-order valence-electron chi connectivity index (χ2n) is 6.28. The smallest absolute Gasteiger partial charge is 0.239 e. The first-order chi connectivity index (χ1) is 12.1. The molecule has 1 aliphatic rings. The molecule has 7 heteroatoms. The van der Waals surface area contributed by atoms with Gasteiger partial charge in [-0.3, -0.25) is 14.5 Å². The Morgan fingerprint density at radius 2 is 1.92 bits per heavy atom. The van der Waals surface area contributed by atoms with Crippen LogP contribution in [0.15, 0.2) is 40.9 Å². The Kier molecular flexibility index (Phi) is 5.45. The molecular weight excluding hydrogens is 320 g/mol. The van der Waals surface area contributed by atoms with Crippen LogP contribution in [0.3, 0.4) is 0 Å². The molecular formula is C18H22N4O3. The first-order valence-electron chi connectivity index (χ1n) is 8.41. The lowest BCUT2D eigenvalue weighted by atomic mass is 9.96. The summed E-state index contributed by atoms with van der Waals surface area (Å²) in [6, 6.07) is 11.1. The van der Waals surface area contributed by atoms with Crippen LogP contribution < -0.4 is 10.6 Å². The molecule has 0 bridgehead atoms. The molecule has 0 radical (unpaired) electrons. The summed E-state index contributed by atoms with van der Waals surface area (Å²) < 4.78 is 4.92. The van der Waals surface area contributed by atoms with Gasteiger partial charge in [0.25, 0.3) is 0 Å². The third-order valence-corrected chi connectivity index (χ3v) is 4.26. The number of benzene rings is 1. The molecule has 1 aliphatic heterocycles. The molecule has 3 rings (SSSR count). The lowest BCUT2D eigenvalue weighted by molar-refractivity contribution is -0.121. The number of para-hydroxylation sites is 1. The summed E-state index contributed by atoms with van der Waals surface area (Å²) >= 11 is 0. The number of likely N-dealkylation sites (tertiary alicyclic amines) is 1. The standard InChI is InChI=1S/C18H22N4O3/c1-13-11-16(21-25-13)20-17(23)12-22-9-7-14(8-10-22)18(24)19-15-5-3-2-4-6-15/h2-6,11,14H,7-10,12H2,1H3,(H,19,24)(H,20,21,23). The minimum atomic E-state index is -0.125. The molecule has 0 saturated carbocycles. The SMILES string of the molecule is Cc1cc(NC(=O)CN2CCC(C(=O)Nc3ccccc3)CC2)no1. The Labute approximate surface area is 146 Å². The van der Waals surface area contributed by atoms with Crippen molar-refractivity contribution >= 4 is 23.3 Å². The first kappa shape index (κ1) is 17.2. The van der Waals surface area contributed by atoms with Crippen molar-refractivity contribution in [3.63, 3.8) is 0 Å². The highest BCUT2D eigenvalue weighted by Crippen LogP contribution is 2.19. The molecule has 1 aromatic heterocycles. The molecule has 1 aromatic carbocycles. The van der Waals surface area contributed by atoms with Crippen molar-refractivity contribution in [3.8, 4) is 0 Å². The van der Waals surface area contributed by atoms with Crippen molar-refractivity contribution in [1.82, 2.24) is 10.1 Å². The number of aryl methyl sites for hydroxylation is 1. The van der Waals surface area contributed by atoms with E-state index in [0.29, 0.717) is 18.1 Å². The van der Waals surface area contributed by atoms with Gasteiger partial charge in [0, 0.05) is 17.7 Å². The van der Waals surface area contributed by atoms with Crippen LogP contribution in [0.1, 0.15) is 18.6 Å². The quantitative estimate of drug-likeness (QED) is 0.870. The molecule has 1 saturated heterocycles. The second kappa shape index (κ2) is 7.94. The van der Waals surface area contributed by atoms with Crippen molar-refractivity contribution < 1.29 is 14.1 Å². The van der Waals surface area contributed by atoms with Crippen LogP contribution in [0.5, 0.6) is 0 Å². The zero-order valence-corrected chi connectivity index (χ0v) is 14.2. The van der Waals surface area contributed by atoms with Crippen molar-refractivity contribution in [2.75, 3.05) is 30.3 Å². The third-order valence-electron chi connectivity index (χ3n) is 4.26. The van der Waals surface area contributed by atoms with Gasteiger partial charge in [-0.25, -0.2) is 0 Å². The normalized spacial score (nSPS) is 15.7. The number of amides is 2. The topological polar surface area (TPSA) is 87.5 Å². The first-order valence-corrected chi connectivity index (χ1v) is 8.41. The van der Waals surface area contributed by atoms with Crippen LogP contribution in [-0.4, -0.2) is 41.5 Å². The van der Waals surface area contributed by atoms with E-state index in [1.54, 1.807) is 13.0 Å². The van der Waals surface area contributed by atoms with Gasteiger partial charge in [-0.05, 0) is 45.0 Å². The number of carbonyl (C=O) groups is 2. The monoisotopic (exact) mass is 342 g/mol. The van der Waals surface area contributed by atoms with Crippen LogP contribution in [0.2, 0.25) is 0 Å². The van der Waals surface area contributed by atoms with Crippen molar-refractivity contribution in [3.05, 3.63) is 42.2 Å². The number of nitrogens with zero attached hydrogens (tertiary/aromatic N) is 2. The molecule has 0 atom stereocenters. The Morgan fingerprint density at radius 1 is 1.20 bits per heavy atom. The predicted octanol–water partition coefficient (Wildman–Crippen LogP) is 2.27. The van der Waals surface area contributed by atoms with E-state index < -0.39 is 0 Å². The van der Waals surface area contributed by atoms with E-state index in [-0.39, 0.29) is 17.7 Å². The van der Waals surface area contributed by atoms with Gasteiger partial charge in [0.1, 0.15) is 5.76 Å². The van der Waals surface area contributed by atoms with Gasteiger partial charge in [0.15, 0.2) is 5.82 Å². The number of hydrogen-bond donors (Lipinski definition) is 2. The summed E-state index contributed by atoms with van der Waals surface area (Å²) in [7, 11) is 0. The van der Waals surface area contributed by atoms with Crippen LogP contribution in [0.25, 0.3) is 0 Å². The molecule has 132 valence electrons. The molecule has 7 nitrogen and oxygen atoms in total. The summed E-state index contributed by atoms with van der Waals surface area (Å²) in [4.78, 5) is 26.4. The summed E-state index contributed by atoms with van der Waals surface area (Å²) in [5.41, 5.74) is 0.817. The van der Waals surface area contributed by atoms with Gasteiger partial charge in [0.2, 0.25) is 11.8 Å². The Balaban J connectivity index is 1.42. The second-order valence-corrected chi connectivity index (χ2v) is 6.28. The van der Waals surface area contributed by atoms with E-state index in [0.717, 1.165) is 31.6 Å². The fourth-order valence-electron chi connectivity index (χ4n) is 2.93. The fraction of sp³-hybridized carbons (Fsp3) is 0.389. The molecule has 0 unspecified atom stereocenters. The summed E-state index contributed by atoms with van der Waals surface area (Å²) in [6.45, 7) is 3.50. The molecule has 25 heavy (non-hydrogen) atoms. The van der Waals surface area contributed by atoms with Gasteiger partial charge < -0.3 is 15.2 Å². The van der Waals surface area contributed by atoms with Crippen molar-refractivity contribution in [2.24, 2.45) is 5.92 Å². The minimum Gasteiger partial charge on any atom is -0.360 e. The minimum absolute atomic E-state index is 0.0160. The van der Waals surface area contributed by atoms with E-state index in [2.05, 4.69) is 20.7 Å². The highest BCUT2D eigenvalue weighted by molar-refractivity contribution is 5.93. The van der Waals surface area contributed by atoms with Crippen LogP contribution in [0, 0.1) is 12.8 Å². The van der Waals surface area contributed by atoms with E-state index in [9.17, 15) is 9.59 Å². The number of carbonyl (C=O) groups excluding carboxylic acids is 2. The zero-order chi connectivity index (χ0) is 17.6. The highest BCUT2D eigenvalue weighted by Gasteiger charge is 2.26. The van der Waals surface area contributed by atoms with E-state index in [1.807, 2.05) is 30.3 Å². The van der Waals surface area contributed by atoms with Crippen LogP contribution in [0.4, 0.5) is 11.5 Å². The Morgan fingerprint density at radius 3 is 2.56 bits per heavy atom. The molecule has 2 amide bonds. The summed E-state index contributed by atoms with van der Waals surface area (Å²) in [6.07, 6.45) is 1.49. The molecule has 0 spiro atoms. The maximum atomic E-state index is 12.3. The summed E-state index contributed by atoms with van der Waals surface area (Å²) in [5.74, 6) is 0.992. The van der Waals surface area contributed by atoms with Gasteiger partial charge in [-0.15, -0.1) is 0 Å². The summed E-state index contributed by atoms with van der Waals surface area (Å²) in [5, 5.41) is 9.40. The fourth-order valence-corrected chi connectivity index (χ4v) is 2.93. The van der Waals surface area contributed by atoms with Crippen LogP contribution in [-0.2, 0) is 9.59 Å². The lowest BCUT2D eigenvalue weighted by Gasteiger charge is -2.30. The predicted molar refractivity (Wildman–Crippen MR) is 94.1 cm³/mol. The van der Waals surface area contributed by atoms with Gasteiger partial charge in [-0.2, -0.15) is 0 Å². The zero-order valence-electron chi connectivity index (χ0n) is 14.2. The molecule has 2 heterocycles. The highest BCUT2D eigenvalue weighted by atomic mass is 16.5. The maximum absolute atomic E-state index is 12.3. The molecule has 2 aromatic rings. The number of hydrogen-bond acceptors (Lipinski definition) is 5. The molecule has 2 N–H and O–H groups in total. The lowest BCUT2D eigenvalue weighted by Crippen LogP contribution is -2.41. The largest absolute Gasteiger partial charge is 0.360 e.